The fraction of sp³-hybridized carbons (Fsp3) is 0.533. The van der Waals surface area contributed by atoms with Crippen LogP contribution in [0.1, 0.15) is 31.4 Å². The van der Waals surface area contributed by atoms with Gasteiger partial charge in [-0.2, -0.15) is 0 Å². The molecule has 0 aromatic heterocycles. The molecule has 0 saturated carbocycles. The number of aryl methyl sites for hydroxylation is 1. The van der Waals surface area contributed by atoms with Gasteiger partial charge in [-0.3, -0.25) is 4.79 Å². The van der Waals surface area contributed by atoms with E-state index in [1.54, 1.807) is 4.90 Å². The largest absolute Gasteiger partial charge is 0.372 e. The summed E-state index contributed by atoms with van der Waals surface area (Å²) in [6, 6.07) is 8.38. The first-order valence-electron chi connectivity index (χ1n) is 6.56. The number of amides is 1. The van der Waals surface area contributed by atoms with E-state index in [9.17, 15) is 4.79 Å². The summed E-state index contributed by atoms with van der Waals surface area (Å²) < 4.78 is 5.25. The number of carbonyl (C=O) groups is 1. The molecule has 0 atom stereocenters. The summed E-state index contributed by atoms with van der Waals surface area (Å²) in [5, 5.41) is 0. The first kappa shape index (κ1) is 14.7. The Balaban J connectivity index is 2.42. The summed E-state index contributed by atoms with van der Waals surface area (Å²) in [6.45, 7) is 5.62. The molecule has 0 N–H and O–H groups in total. The maximum Gasteiger partial charge on any atom is 0.248 e. The van der Waals surface area contributed by atoms with Crippen LogP contribution in [0.2, 0.25) is 0 Å². The number of hydrogen-bond acceptors (Lipinski definition) is 2. The average Bonchev–Trinajstić information content (AvgIpc) is 2.39. The van der Waals surface area contributed by atoms with Crippen molar-refractivity contribution in [3.63, 3.8) is 0 Å². The van der Waals surface area contributed by atoms with Gasteiger partial charge >= 0.3 is 0 Å². The molecule has 0 unspecified atom stereocenters. The van der Waals surface area contributed by atoms with E-state index in [-0.39, 0.29) is 12.5 Å². The summed E-state index contributed by atoms with van der Waals surface area (Å²) in [6.07, 6.45) is 1.98. The number of carbonyl (C=O) groups excluding carboxylic acids is 1. The normalized spacial score (nSPS) is 10.4. The van der Waals surface area contributed by atoms with E-state index in [4.69, 9.17) is 4.74 Å². The lowest BCUT2D eigenvalue weighted by Crippen LogP contribution is -2.29. The molecule has 0 fully saturated rings. The van der Waals surface area contributed by atoms with Crippen molar-refractivity contribution in [1.82, 2.24) is 4.90 Å². The Bertz CT molecular complexity index is 359. The van der Waals surface area contributed by atoms with Crippen LogP contribution >= 0.6 is 0 Å². The molecule has 3 heteroatoms. The van der Waals surface area contributed by atoms with Crippen molar-refractivity contribution in [2.75, 3.05) is 20.3 Å². The second-order valence-electron chi connectivity index (χ2n) is 4.47. The highest BCUT2D eigenvalue weighted by Gasteiger charge is 2.08. The number of likely N-dealkylation sites (N-methyl/N-ethyl adjacent to an activating group) is 1. The van der Waals surface area contributed by atoms with Crippen LogP contribution in [0.25, 0.3) is 0 Å². The van der Waals surface area contributed by atoms with Gasteiger partial charge in [-0.05, 0) is 24.0 Å². The van der Waals surface area contributed by atoms with Crippen molar-refractivity contribution in [1.29, 1.82) is 0 Å². The number of nitrogens with zero attached hydrogens (tertiary/aromatic N) is 1. The third-order valence-electron chi connectivity index (χ3n) is 2.85. The van der Waals surface area contributed by atoms with Gasteiger partial charge in [0, 0.05) is 20.2 Å². The molecule has 0 saturated heterocycles. The first-order valence-corrected chi connectivity index (χ1v) is 6.56. The molecule has 1 aromatic rings. The lowest BCUT2D eigenvalue weighted by molar-refractivity contribution is -0.135. The van der Waals surface area contributed by atoms with Crippen LogP contribution < -0.4 is 0 Å². The third-order valence-corrected chi connectivity index (χ3v) is 2.85. The molecule has 0 aliphatic rings. The van der Waals surface area contributed by atoms with Crippen molar-refractivity contribution >= 4 is 5.91 Å². The fourth-order valence-corrected chi connectivity index (χ4v) is 1.66. The van der Waals surface area contributed by atoms with E-state index in [0.717, 1.165) is 18.4 Å². The topological polar surface area (TPSA) is 29.5 Å². The minimum Gasteiger partial charge on any atom is -0.372 e. The van der Waals surface area contributed by atoms with E-state index >= 15 is 0 Å². The van der Waals surface area contributed by atoms with E-state index in [1.807, 2.05) is 14.0 Å². The predicted octanol–water partition coefficient (Wildman–Crippen LogP) is 2.63. The van der Waals surface area contributed by atoms with Gasteiger partial charge in [-0.25, -0.2) is 0 Å². The van der Waals surface area contributed by atoms with Gasteiger partial charge in [0.15, 0.2) is 0 Å². The van der Waals surface area contributed by atoms with Gasteiger partial charge in [0.05, 0.1) is 0 Å². The molecule has 1 amide bonds. The number of benzene rings is 1. The molecule has 3 nitrogen and oxygen atoms in total. The highest BCUT2D eigenvalue weighted by Crippen LogP contribution is 2.07. The van der Waals surface area contributed by atoms with Crippen LogP contribution in [0.5, 0.6) is 0 Å². The molecule has 0 heterocycles. The summed E-state index contributed by atoms with van der Waals surface area (Å²) in [4.78, 5) is 13.5. The third kappa shape index (κ3) is 4.88. The minimum absolute atomic E-state index is 0.0306. The van der Waals surface area contributed by atoms with Crippen molar-refractivity contribution in [3.05, 3.63) is 35.4 Å². The zero-order chi connectivity index (χ0) is 13.4. The van der Waals surface area contributed by atoms with Gasteiger partial charge in [0.25, 0.3) is 0 Å². The summed E-state index contributed by atoms with van der Waals surface area (Å²) >= 11 is 0. The second-order valence-corrected chi connectivity index (χ2v) is 4.47. The fourth-order valence-electron chi connectivity index (χ4n) is 1.66. The van der Waals surface area contributed by atoms with Crippen LogP contribution in [0, 0.1) is 0 Å². The SMILES string of the molecule is CCCOCC(=O)N(C)Cc1ccc(CC)cc1. The molecule has 100 valence electrons. The molecular formula is C15H23NO2. The van der Waals surface area contributed by atoms with Crippen LogP contribution in [0.15, 0.2) is 24.3 Å². The smallest absolute Gasteiger partial charge is 0.248 e. The summed E-state index contributed by atoms with van der Waals surface area (Å²) in [5.74, 6) is 0.0306. The van der Waals surface area contributed by atoms with Gasteiger partial charge in [0.1, 0.15) is 6.61 Å². The van der Waals surface area contributed by atoms with Crippen LogP contribution in [-0.2, 0) is 22.5 Å². The Kier molecular flexibility index (Phi) is 6.44. The van der Waals surface area contributed by atoms with E-state index in [2.05, 4.69) is 31.2 Å². The average molecular weight is 249 g/mol. The maximum atomic E-state index is 11.7. The molecule has 0 bridgehead atoms. The molecule has 18 heavy (non-hydrogen) atoms. The highest BCUT2D eigenvalue weighted by atomic mass is 16.5. The highest BCUT2D eigenvalue weighted by molar-refractivity contribution is 5.77. The summed E-state index contributed by atoms with van der Waals surface area (Å²) in [5.41, 5.74) is 2.47. The van der Waals surface area contributed by atoms with E-state index < -0.39 is 0 Å². The molecular weight excluding hydrogens is 226 g/mol. The molecule has 0 aliphatic carbocycles. The van der Waals surface area contributed by atoms with Crippen molar-refractivity contribution in [3.8, 4) is 0 Å². The Morgan fingerprint density at radius 2 is 1.78 bits per heavy atom. The van der Waals surface area contributed by atoms with E-state index in [0.29, 0.717) is 13.2 Å². The second kappa shape index (κ2) is 7.88. The Morgan fingerprint density at radius 1 is 1.17 bits per heavy atom. The summed E-state index contributed by atoms with van der Waals surface area (Å²) in [7, 11) is 1.81. The van der Waals surface area contributed by atoms with Gasteiger partial charge < -0.3 is 9.64 Å². The Hall–Kier alpha value is -1.35. The lowest BCUT2D eigenvalue weighted by atomic mass is 10.1. The zero-order valence-electron chi connectivity index (χ0n) is 11.6. The monoisotopic (exact) mass is 249 g/mol. The van der Waals surface area contributed by atoms with Gasteiger partial charge in [0.2, 0.25) is 5.91 Å². The Morgan fingerprint density at radius 3 is 2.33 bits per heavy atom. The standard InChI is InChI=1S/C15H23NO2/c1-4-10-18-12-15(17)16(3)11-14-8-6-13(5-2)7-9-14/h6-9H,4-5,10-12H2,1-3H3. The number of hydrogen-bond donors (Lipinski definition) is 0. The van der Waals surface area contributed by atoms with Crippen LogP contribution in [0.3, 0.4) is 0 Å². The quantitative estimate of drug-likeness (QED) is 0.695. The Labute approximate surface area is 110 Å². The maximum absolute atomic E-state index is 11.7. The molecule has 0 spiro atoms. The molecule has 0 radical (unpaired) electrons. The van der Waals surface area contributed by atoms with Crippen molar-refractivity contribution in [2.24, 2.45) is 0 Å². The first-order chi connectivity index (χ1) is 8.67. The minimum atomic E-state index is 0.0306. The van der Waals surface area contributed by atoms with Crippen molar-refractivity contribution in [2.45, 2.75) is 33.2 Å². The zero-order valence-corrected chi connectivity index (χ0v) is 11.6. The molecule has 0 aliphatic heterocycles. The van der Waals surface area contributed by atoms with Crippen LogP contribution in [-0.4, -0.2) is 31.1 Å². The predicted molar refractivity (Wildman–Crippen MR) is 73.4 cm³/mol. The lowest BCUT2D eigenvalue weighted by Gasteiger charge is -2.17. The van der Waals surface area contributed by atoms with Crippen LogP contribution in [0.4, 0.5) is 0 Å². The number of ether oxygens (including phenoxy) is 1. The van der Waals surface area contributed by atoms with Crippen molar-refractivity contribution < 1.29 is 9.53 Å². The number of rotatable bonds is 7. The molecule has 1 aromatic carbocycles. The van der Waals surface area contributed by atoms with Gasteiger partial charge in [-0.1, -0.05) is 38.1 Å². The van der Waals surface area contributed by atoms with E-state index in [1.165, 1.54) is 5.56 Å². The molecule has 1 rings (SSSR count). The van der Waals surface area contributed by atoms with Gasteiger partial charge in [-0.15, -0.1) is 0 Å².